The molecule has 132 valence electrons. The van der Waals surface area contributed by atoms with E-state index in [1.165, 1.54) is 5.56 Å². The first-order chi connectivity index (χ1) is 11.9. The van der Waals surface area contributed by atoms with Crippen LogP contribution in [0.25, 0.3) is 0 Å². The normalized spacial score (nSPS) is 14.1. The fraction of sp³-hybridized carbons (Fsp3) is 0.250. The van der Waals surface area contributed by atoms with Crippen LogP contribution < -0.4 is 0 Å². The Bertz CT molecular complexity index is 659. The molecule has 0 heterocycles. The van der Waals surface area contributed by atoms with Crippen molar-refractivity contribution in [2.75, 3.05) is 0 Å². The van der Waals surface area contributed by atoms with Crippen LogP contribution in [0.15, 0.2) is 102 Å². The van der Waals surface area contributed by atoms with Crippen LogP contribution in [0.4, 0.5) is 0 Å². The van der Waals surface area contributed by atoms with Gasteiger partial charge in [-0.3, -0.25) is 0 Å². The molecule has 0 saturated carbocycles. The minimum Gasteiger partial charge on any atom is -0.334 e. The van der Waals surface area contributed by atoms with Crippen LogP contribution in [0, 0.1) is 0 Å². The molecule has 0 aliphatic carbocycles. The number of rotatable bonds is 8. The number of hydrogen-bond acceptors (Lipinski definition) is 1. The Morgan fingerprint density at radius 3 is 1.68 bits per heavy atom. The van der Waals surface area contributed by atoms with Gasteiger partial charge in [-0.15, -0.1) is 0 Å². The summed E-state index contributed by atoms with van der Waals surface area (Å²) in [6, 6.07) is 10.7. The first-order valence-corrected chi connectivity index (χ1v) is 8.75. The van der Waals surface area contributed by atoms with Crippen LogP contribution in [-0.2, 0) is 0 Å². The molecule has 0 fully saturated rings. The lowest BCUT2D eigenvalue weighted by atomic mass is 10.0. The Kier molecular flexibility index (Phi) is 8.49. The molecule has 1 unspecified atom stereocenters. The number of hydrogen-bond donors (Lipinski definition) is 0. The first-order valence-electron chi connectivity index (χ1n) is 8.75. The fourth-order valence-electron chi connectivity index (χ4n) is 2.66. The van der Waals surface area contributed by atoms with Crippen LogP contribution in [-0.4, -0.2) is 4.90 Å². The largest absolute Gasteiger partial charge is 0.334 e. The third-order valence-corrected chi connectivity index (χ3v) is 3.96. The van der Waals surface area contributed by atoms with E-state index < -0.39 is 0 Å². The monoisotopic (exact) mass is 333 g/mol. The minimum absolute atomic E-state index is 0.155. The van der Waals surface area contributed by atoms with E-state index >= 15 is 0 Å². The Balaban J connectivity index is 3.59. The van der Waals surface area contributed by atoms with Gasteiger partial charge in [0.15, 0.2) is 0 Å². The number of allylic oxidation sites excluding steroid dienone is 8. The quantitative estimate of drug-likeness (QED) is 0.458. The topological polar surface area (TPSA) is 3.24 Å². The van der Waals surface area contributed by atoms with Gasteiger partial charge in [0, 0.05) is 11.4 Å². The molecule has 1 rings (SSSR count). The summed E-state index contributed by atoms with van der Waals surface area (Å²) in [4.78, 5) is 2.32. The summed E-state index contributed by atoms with van der Waals surface area (Å²) >= 11 is 0. The van der Waals surface area contributed by atoms with Crippen LogP contribution in [0.1, 0.15) is 46.2 Å². The maximum atomic E-state index is 4.21. The van der Waals surface area contributed by atoms with E-state index in [9.17, 15) is 0 Å². The molecular weight excluding hydrogens is 302 g/mol. The molecule has 0 amide bonds. The molecule has 25 heavy (non-hydrogen) atoms. The molecule has 0 aliphatic rings. The average Bonchev–Trinajstić information content (AvgIpc) is 2.60. The van der Waals surface area contributed by atoms with Crippen molar-refractivity contribution in [2.24, 2.45) is 0 Å². The van der Waals surface area contributed by atoms with Crippen molar-refractivity contribution < 1.29 is 0 Å². The van der Waals surface area contributed by atoms with E-state index in [0.29, 0.717) is 0 Å². The molecule has 1 heteroatoms. The van der Waals surface area contributed by atoms with Gasteiger partial charge < -0.3 is 4.90 Å². The summed E-state index contributed by atoms with van der Waals surface area (Å²) in [6.45, 7) is 18.8. The van der Waals surface area contributed by atoms with Gasteiger partial charge in [0.25, 0.3) is 0 Å². The van der Waals surface area contributed by atoms with Crippen molar-refractivity contribution in [3.05, 3.63) is 108 Å². The Morgan fingerprint density at radius 1 is 0.880 bits per heavy atom. The Hall–Kier alpha value is -2.54. The van der Waals surface area contributed by atoms with Gasteiger partial charge in [-0.05, 0) is 63.5 Å². The molecular formula is C24H31N. The minimum atomic E-state index is 0.155. The maximum absolute atomic E-state index is 4.21. The molecule has 1 nitrogen and oxygen atoms in total. The zero-order valence-electron chi connectivity index (χ0n) is 16.3. The van der Waals surface area contributed by atoms with E-state index in [-0.39, 0.29) is 6.04 Å². The fourth-order valence-corrected chi connectivity index (χ4v) is 2.66. The van der Waals surface area contributed by atoms with Crippen LogP contribution in [0.3, 0.4) is 0 Å². The van der Waals surface area contributed by atoms with E-state index in [4.69, 9.17) is 0 Å². The Morgan fingerprint density at radius 2 is 1.32 bits per heavy atom. The lowest BCUT2D eigenvalue weighted by molar-refractivity contribution is 0.351. The van der Waals surface area contributed by atoms with Crippen LogP contribution >= 0.6 is 0 Å². The maximum Gasteiger partial charge on any atom is 0.0563 e. The van der Waals surface area contributed by atoms with Crippen molar-refractivity contribution >= 4 is 0 Å². The van der Waals surface area contributed by atoms with Crippen molar-refractivity contribution in [3.8, 4) is 0 Å². The molecule has 0 saturated heterocycles. The van der Waals surface area contributed by atoms with Crippen LogP contribution in [0.5, 0.6) is 0 Å². The number of benzene rings is 1. The van der Waals surface area contributed by atoms with Crippen molar-refractivity contribution in [1.82, 2.24) is 4.90 Å². The van der Waals surface area contributed by atoms with E-state index in [2.05, 4.69) is 73.6 Å². The van der Waals surface area contributed by atoms with Gasteiger partial charge in [0.05, 0.1) is 6.04 Å². The standard InChI is InChI=1S/C24H31N/c1-8-10-17-23(19(3)4)25(24(20(5)6)18-11-9-2)21(7)22-15-13-12-14-16-22/h8-18,21H,3,5H2,1-2,4,6-7H3/b10-8-,11-9-,23-17+,24-18+. The van der Waals surface area contributed by atoms with Gasteiger partial charge in [-0.2, -0.15) is 0 Å². The second kappa shape index (κ2) is 10.4. The van der Waals surface area contributed by atoms with Crippen molar-refractivity contribution in [1.29, 1.82) is 0 Å². The smallest absolute Gasteiger partial charge is 0.0563 e. The first kappa shape index (κ1) is 20.5. The Labute approximate surface area is 154 Å². The molecule has 0 aromatic heterocycles. The van der Waals surface area contributed by atoms with Crippen molar-refractivity contribution in [3.63, 3.8) is 0 Å². The van der Waals surface area contributed by atoms with Gasteiger partial charge in [0.1, 0.15) is 0 Å². The zero-order valence-corrected chi connectivity index (χ0v) is 16.3. The second-order valence-corrected chi connectivity index (χ2v) is 6.17. The SMILES string of the molecule is C=C(C)/C(=C\C=C/C)N(/C(=C/C=C\C)C(=C)C)C(C)c1ccccc1. The average molecular weight is 334 g/mol. The van der Waals surface area contributed by atoms with Gasteiger partial charge >= 0.3 is 0 Å². The summed E-state index contributed by atoms with van der Waals surface area (Å²) < 4.78 is 0. The van der Waals surface area contributed by atoms with Gasteiger partial charge in [-0.1, -0.05) is 67.8 Å². The lowest BCUT2D eigenvalue weighted by Gasteiger charge is -2.36. The molecule has 0 spiro atoms. The molecule has 1 aromatic rings. The highest BCUT2D eigenvalue weighted by Gasteiger charge is 2.22. The predicted octanol–water partition coefficient (Wildman–Crippen LogP) is 7.12. The van der Waals surface area contributed by atoms with Gasteiger partial charge in [-0.25, -0.2) is 0 Å². The summed E-state index contributed by atoms with van der Waals surface area (Å²) in [5.41, 5.74) is 5.48. The summed E-state index contributed by atoms with van der Waals surface area (Å²) in [6.07, 6.45) is 12.4. The molecule has 0 radical (unpaired) electrons. The van der Waals surface area contributed by atoms with Gasteiger partial charge in [0.2, 0.25) is 0 Å². The number of nitrogens with zero attached hydrogens (tertiary/aromatic N) is 1. The third kappa shape index (κ3) is 5.79. The van der Waals surface area contributed by atoms with Crippen molar-refractivity contribution in [2.45, 2.75) is 40.7 Å². The second-order valence-electron chi connectivity index (χ2n) is 6.17. The zero-order chi connectivity index (χ0) is 18.8. The summed E-state index contributed by atoms with van der Waals surface area (Å²) in [7, 11) is 0. The van der Waals surface area contributed by atoms with Crippen LogP contribution in [0.2, 0.25) is 0 Å². The van der Waals surface area contributed by atoms with E-state index in [0.717, 1.165) is 22.5 Å². The summed E-state index contributed by atoms with van der Waals surface area (Å²) in [5.74, 6) is 0. The molecule has 0 N–H and O–H groups in total. The highest BCUT2D eigenvalue weighted by Crippen LogP contribution is 2.34. The highest BCUT2D eigenvalue weighted by atomic mass is 15.2. The summed E-state index contributed by atoms with van der Waals surface area (Å²) in [5, 5.41) is 0. The predicted molar refractivity (Wildman–Crippen MR) is 112 cm³/mol. The molecule has 1 atom stereocenters. The third-order valence-electron chi connectivity index (χ3n) is 3.96. The van der Waals surface area contributed by atoms with E-state index in [1.54, 1.807) is 0 Å². The molecule has 0 bridgehead atoms. The lowest BCUT2D eigenvalue weighted by Crippen LogP contribution is -2.27. The highest BCUT2D eigenvalue weighted by molar-refractivity contribution is 5.41. The van der Waals surface area contributed by atoms with E-state index in [1.807, 2.05) is 45.9 Å². The molecule has 0 aliphatic heterocycles. The molecule has 1 aromatic carbocycles.